The van der Waals surface area contributed by atoms with E-state index in [9.17, 15) is 26.3 Å². The summed E-state index contributed by atoms with van der Waals surface area (Å²) in [6.45, 7) is 0. The smallest absolute Gasteiger partial charge is 0.497 e. The standard InChI is InChI=1S/C20H13F6NO3/c1-28-16-10-17(12-4-2-6-14(8-12)29-19(21,22)23)27-18(11-16)13-5-3-7-15(9-13)30-20(24,25)26/h2-11H,1H3. The minimum absolute atomic E-state index is 0.235. The Balaban J connectivity index is 2.01. The first-order valence-corrected chi connectivity index (χ1v) is 8.31. The molecule has 0 bridgehead atoms. The number of halogens is 6. The van der Waals surface area contributed by atoms with Crippen LogP contribution < -0.4 is 14.2 Å². The normalized spacial score (nSPS) is 11.8. The van der Waals surface area contributed by atoms with Crippen molar-refractivity contribution in [2.45, 2.75) is 12.7 Å². The summed E-state index contributed by atoms with van der Waals surface area (Å²) in [5, 5.41) is 0. The van der Waals surface area contributed by atoms with Gasteiger partial charge >= 0.3 is 12.7 Å². The fourth-order valence-corrected chi connectivity index (χ4v) is 2.62. The number of hydrogen-bond donors (Lipinski definition) is 0. The summed E-state index contributed by atoms with van der Waals surface area (Å²) in [6.07, 6.45) is -9.71. The number of ether oxygens (including phenoxy) is 3. The summed E-state index contributed by atoms with van der Waals surface area (Å²) in [6, 6.07) is 13.2. The molecule has 0 saturated heterocycles. The monoisotopic (exact) mass is 429 g/mol. The molecule has 10 heteroatoms. The van der Waals surface area contributed by atoms with Crippen LogP contribution in [0, 0.1) is 0 Å². The van der Waals surface area contributed by atoms with Crippen LogP contribution in [0.5, 0.6) is 17.2 Å². The van der Waals surface area contributed by atoms with Crippen LogP contribution in [0.1, 0.15) is 0 Å². The Kier molecular flexibility index (Phi) is 5.77. The number of methoxy groups -OCH3 is 1. The van der Waals surface area contributed by atoms with Gasteiger partial charge in [-0.3, -0.25) is 0 Å². The van der Waals surface area contributed by atoms with Crippen molar-refractivity contribution < 1.29 is 40.6 Å². The fraction of sp³-hybridized carbons (Fsp3) is 0.150. The van der Waals surface area contributed by atoms with Gasteiger partial charge < -0.3 is 14.2 Å². The molecule has 3 aromatic rings. The lowest BCUT2D eigenvalue weighted by Crippen LogP contribution is -2.17. The van der Waals surface area contributed by atoms with Crippen molar-refractivity contribution in [2.75, 3.05) is 7.11 Å². The molecule has 0 unspecified atom stereocenters. The molecule has 0 saturated carbocycles. The second-order valence-corrected chi connectivity index (χ2v) is 5.93. The van der Waals surface area contributed by atoms with Gasteiger partial charge in [-0.25, -0.2) is 4.98 Å². The highest BCUT2D eigenvalue weighted by atomic mass is 19.4. The van der Waals surface area contributed by atoms with E-state index in [-0.39, 0.29) is 11.4 Å². The molecule has 2 aromatic carbocycles. The third-order valence-corrected chi connectivity index (χ3v) is 3.76. The second-order valence-electron chi connectivity index (χ2n) is 5.93. The van der Waals surface area contributed by atoms with Crippen LogP contribution >= 0.6 is 0 Å². The largest absolute Gasteiger partial charge is 0.573 e. The van der Waals surface area contributed by atoms with Crippen LogP contribution in [0.25, 0.3) is 22.5 Å². The maximum Gasteiger partial charge on any atom is 0.573 e. The first kappa shape index (κ1) is 21.3. The maximum absolute atomic E-state index is 12.5. The Hall–Kier alpha value is -3.43. The lowest BCUT2D eigenvalue weighted by Gasteiger charge is -2.13. The number of pyridine rings is 1. The van der Waals surface area contributed by atoms with Crippen molar-refractivity contribution in [1.29, 1.82) is 0 Å². The van der Waals surface area contributed by atoms with E-state index >= 15 is 0 Å². The zero-order valence-electron chi connectivity index (χ0n) is 15.2. The number of aromatic nitrogens is 1. The molecule has 0 atom stereocenters. The Morgan fingerprint density at radius 2 is 1.07 bits per heavy atom. The molecule has 3 rings (SSSR count). The number of nitrogens with zero attached hydrogens (tertiary/aromatic N) is 1. The van der Waals surface area contributed by atoms with Crippen LogP contribution in [-0.2, 0) is 0 Å². The first-order chi connectivity index (χ1) is 14.0. The molecule has 0 amide bonds. The van der Waals surface area contributed by atoms with E-state index in [1.165, 1.54) is 43.5 Å². The molecule has 0 spiro atoms. The van der Waals surface area contributed by atoms with Gasteiger partial charge in [0.15, 0.2) is 0 Å². The summed E-state index contributed by atoms with van der Waals surface area (Å²) >= 11 is 0. The zero-order valence-corrected chi connectivity index (χ0v) is 15.2. The van der Waals surface area contributed by atoms with E-state index < -0.39 is 24.2 Å². The van der Waals surface area contributed by atoms with Crippen LogP contribution in [-0.4, -0.2) is 24.8 Å². The minimum atomic E-state index is -4.86. The fourth-order valence-electron chi connectivity index (χ4n) is 2.62. The van der Waals surface area contributed by atoms with Crippen LogP contribution in [0.4, 0.5) is 26.3 Å². The van der Waals surface area contributed by atoms with Crippen LogP contribution in [0.2, 0.25) is 0 Å². The van der Waals surface area contributed by atoms with E-state index in [1.54, 1.807) is 0 Å². The predicted molar refractivity (Wildman–Crippen MR) is 95.0 cm³/mol. The summed E-state index contributed by atoms with van der Waals surface area (Å²) in [5.74, 6) is -0.572. The number of alkyl halides is 6. The Morgan fingerprint density at radius 1 is 0.633 bits per heavy atom. The lowest BCUT2D eigenvalue weighted by atomic mass is 10.1. The molecule has 0 aliphatic heterocycles. The molecular weight excluding hydrogens is 416 g/mol. The van der Waals surface area contributed by atoms with Gasteiger partial charge in [-0.1, -0.05) is 24.3 Å². The van der Waals surface area contributed by atoms with Gasteiger partial charge in [0.2, 0.25) is 0 Å². The van der Waals surface area contributed by atoms with Crippen molar-refractivity contribution in [2.24, 2.45) is 0 Å². The van der Waals surface area contributed by atoms with E-state index in [2.05, 4.69) is 14.5 Å². The molecule has 0 aliphatic carbocycles. The lowest BCUT2D eigenvalue weighted by molar-refractivity contribution is -0.275. The van der Waals surface area contributed by atoms with Crippen LogP contribution in [0.3, 0.4) is 0 Å². The maximum atomic E-state index is 12.5. The third kappa shape index (κ3) is 5.79. The molecule has 0 radical (unpaired) electrons. The van der Waals surface area contributed by atoms with Crippen molar-refractivity contribution >= 4 is 0 Å². The van der Waals surface area contributed by atoms with E-state index in [0.29, 0.717) is 16.9 Å². The minimum Gasteiger partial charge on any atom is -0.497 e. The van der Waals surface area contributed by atoms with Crippen molar-refractivity contribution in [3.05, 3.63) is 60.7 Å². The summed E-state index contributed by atoms with van der Waals surface area (Å²) in [5.41, 5.74) is 1.05. The molecule has 30 heavy (non-hydrogen) atoms. The molecule has 4 nitrogen and oxygen atoms in total. The molecular formula is C20H13F6NO3. The molecule has 158 valence electrons. The number of rotatable bonds is 5. The predicted octanol–water partition coefficient (Wildman–Crippen LogP) is 6.22. The molecule has 1 heterocycles. The Morgan fingerprint density at radius 3 is 1.43 bits per heavy atom. The molecule has 1 aromatic heterocycles. The second kappa shape index (κ2) is 8.13. The van der Waals surface area contributed by atoms with Gasteiger partial charge in [-0.15, -0.1) is 26.3 Å². The van der Waals surface area contributed by atoms with Crippen molar-refractivity contribution in [3.8, 4) is 39.8 Å². The van der Waals surface area contributed by atoms with Gasteiger partial charge in [-0.05, 0) is 24.3 Å². The van der Waals surface area contributed by atoms with E-state index in [1.807, 2.05) is 0 Å². The highest BCUT2D eigenvalue weighted by molar-refractivity contribution is 5.70. The third-order valence-electron chi connectivity index (χ3n) is 3.76. The average molecular weight is 429 g/mol. The molecule has 0 N–H and O–H groups in total. The van der Waals surface area contributed by atoms with Gasteiger partial charge in [0.25, 0.3) is 0 Å². The molecule has 0 fully saturated rings. The van der Waals surface area contributed by atoms with Gasteiger partial charge in [-0.2, -0.15) is 0 Å². The summed E-state index contributed by atoms with van der Waals surface area (Å²) in [7, 11) is 1.37. The SMILES string of the molecule is COc1cc(-c2cccc(OC(F)(F)F)c2)nc(-c2cccc(OC(F)(F)F)c2)c1. The topological polar surface area (TPSA) is 40.6 Å². The zero-order chi connectivity index (χ0) is 21.9. The van der Waals surface area contributed by atoms with Gasteiger partial charge in [0.05, 0.1) is 18.5 Å². The Labute approximate surface area is 166 Å². The van der Waals surface area contributed by atoms with Crippen molar-refractivity contribution in [3.63, 3.8) is 0 Å². The Bertz CT molecular complexity index is 956. The highest BCUT2D eigenvalue weighted by Gasteiger charge is 2.32. The van der Waals surface area contributed by atoms with E-state index in [0.717, 1.165) is 24.3 Å². The summed E-state index contributed by atoms with van der Waals surface area (Å²) in [4.78, 5) is 4.34. The summed E-state index contributed by atoms with van der Waals surface area (Å²) < 4.78 is 87.9. The first-order valence-electron chi connectivity index (χ1n) is 8.31. The van der Waals surface area contributed by atoms with Gasteiger partial charge in [0, 0.05) is 23.3 Å². The molecule has 0 aliphatic rings. The van der Waals surface area contributed by atoms with E-state index in [4.69, 9.17) is 4.74 Å². The van der Waals surface area contributed by atoms with Gasteiger partial charge in [0.1, 0.15) is 17.2 Å². The number of benzene rings is 2. The number of hydrogen-bond acceptors (Lipinski definition) is 4. The van der Waals surface area contributed by atoms with Crippen LogP contribution in [0.15, 0.2) is 60.7 Å². The average Bonchev–Trinajstić information content (AvgIpc) is 2.65. The quantitative estimate of drug-likeness (QED) is 0.452. The van der Waals surface area contributed by atoms with Crippen molar-refractivity contribution in [1.82, 2.24) is 4.98 Å². The highest BCUT2D eigenvalue weighted by Crippen LogP contribution is 2.33.